The maximum atomic E-state index is 12.3. The van der Waals surface area contributed by atoms with Crippen LogP contribution in [-0.2, 0) is 0 Å². The zero-order valence-corrected chi connectivity index (χ0v) is 15.0. The van der Waals surface area contributed by atoms with Crippen molar-refractivity contribution in [2.45, 2.75) is 12.8 Å². The summed E-state index contributed by atoms with van der Waals surface area (Å²) in [6.45, 7) is 2.05. The van der Waals surface area contributed by atoms with Crippen molar-refractivity contribution in [3.63, 3.8) is 0 Å². The third-order valence-electron chi connectivity index (χ3n) is 4.70. The van der Waals surface area contributed by atoms with Gasteiger partial charge in [0.1, 0.15) is 0 Å². The van der Waals surface area contributed by atoms with Crippen molar-refractivity contribution in [3.05, 3.63) is 78.1 Å². The molecule has 1 aliphatic carbocycles. The first-order valence-electron chi connectivity index (χ1n) is 8.47. The molecule has 0 heterocycles. The van der Waals surface area contributed by atoms with Gasteiger partial charge in [-0.25, -0.2) is 0 Å². The van der Waals surface area contributed by atoms with Crippen LogP contribution in [0.2, 0.25) is 0 Å². The zero-order valence-electron chi connectivity index (χ0n) is 14.0. The van der Waals surface area contributed by atoms with E-state index in [-0.39, 0.29) is 6.61 Å². The van der Waals surface area contributed by atoms with Crippen LogP contribution in [0.5, 0.6) is 5.75 Å². The number of rotatable bonds is 6. The summed E-state index contributed by atoms with van der Waals surface area (Å²) < 4.78 is 17.7. The summed E-state index contributed by atoms with van der Waals surface area (Å²) in [5.74, 6) is 0.731. The second-order valence-electron chi connectivity index (χ2n) is 6.19. The first kappa shape index (κ1) is 16.9. The SMILES string of the molecule is C[PH](C1=CCCC=C1)(c1ccccc1)c1ccc(OCCF)cc1. The summed E-state index contributed by atoms with van der Waals surface area (Å²) in [5.41, 5.74) is 0. The minimum atomic E-state index is -2.01. The van der Waals surface area contributed by atoms with Crippen LogP contribution in [0.3, 0.4) is 0 Å². The monoisotopic (exact) mass is 342 g/mol. The van der Waals surface area contributed by atoms with E-state index in [1.807, 2.05) is 12.1 Å². The van der Waals surface area contributed by atoms with E-state index >= 15 is 0 Å². The van der Waals surface area contributed by atoms with Crippen molar-refractivity contribution in [3.8, 4) is 5.75 Å². The molecule has 3 rings (SSSR count). The molecule has 1 aliphatic rings. The van der Waals surface area contributed by atoms with Crippen molar-refractivity contribution in [1.29, 1.82) is 0 Å². The molecule has 0 fully saturated rings. The molecule has 126 valence electrons. The topological polar surface area (TPSA) is 9.23 Å². The predicted molar refractivity (Wildman–Crippen MR) is 104 cm³/mol. The Kier molecular flexibility index (Phi) is 5.48. The van der Waals surface area contributed by atoms with E-state index in [1.54, 1.807) is 0 Å². The molecule has 2 aromatic rings. The van der Waals surface area contributed by atoms with Gasteiger partial charge in [-0.3, -0.25) is 0 Å². The Morgan fingerprint density at radius 3 is 2.29 bits per heavy atom. The molecule has 0 atom stereocenters. The summed E-state index contributed by atoms with van der Waals surface area (Å²) in [6.07, 6.45) is 9.21. The molecule has 0 aromatic heterocycles. The predicted octanol–water partition coefficient (Wildman–Crippen LogP) is 4.60. The van der Waals surface area contributed by atoms with Gasteiger partial charge in [-0.15, -0.1) is 0 Å². The van der Waals surface area contributed by atoms with Gasteiger partial charge in [0.05, 0.1) is 0 Å². The van der Waals surface area contributed by atoms with Crippen molar-refractivity contribution < 1.29 is 9.13 Å². The quantitative estimate of drug-likeness (QED) is 0.697. The number of benzene rings is 2. The second kappa shape index (κ2) is 7.77. The third-order valence-corrected chi connectivity index (χ3v) is 9.20. The third kappa shape index (κ3) is 3.44. The van der Waals surface area contributed by atoms with E-state index in [1.165, 1.54) is 15.9 Å². The fourth-order valence-electron chi connectivity index (χ4n) is 3.30. The summed E-state index contributed by atoms with van der Waals surface area (Å²) in [4.78, 5) is 0. The van der Waals surface area contributed by atoms with Gasteiger partial charge in [0.25, 0.3) is 0 Å². The van der Waals surface area contributed by atoms with E-state index in [2.05, 4.69) is 67.4 Å². The Morgan fingerprint density at radius 1 is 0.958 bits per heavy atom. The normalized spacial score (nSPS) is 15.0. The van der Waals surface area contributed by atoms with Gasteiger partial charge >= 0.3 is 144 Å². The van der Waals surface area contributed by atoms with Gasteiger partial charge in [0, 0.05) is 0 Å². The van der Waals surface area contributed by atoms with E-state index in [9.17, 15) is 4.39 Å². The summed E-state index contributed by atoms with van der Waals surface area (Å²) >= 11 is 0. The van der Waals surface area contributed by atoms with Gasteiger partial charge in [-0.05, 0) is 0 Å². The Morgan fingerprint density at radius 2 is 1.67 bits per heavy atom. The number of hydrogen-bond acceptors (Lipinski definition) is 1. The summed E-state index contributed by atoms with van der Waals surface area (Å²) in [7, 11) is -2.01. The first-order chi connectivity index (χ1) is 11.7. The Labute approximate surface area is 144 Å². The van der Waals surface area contributed by atoms with Crippen LogP contribution in [-0.4, -0.2) is 19.9 Å². The number of allylic oxidation sites excluding steroid dienone is 4. The van der Waals surface area contributed by atoms with Crippen LogP contribution in [0.1, 0.15) is 12.8 Å². The molecule has 0 aliphatic heterocycles. The van der Waals surface area contributed by atoms with Gasteiger partial charge in [-0.1, -0.05) is 0 Å². The van der Waals surface area contributed by atoms with Crippen LogP contribution in [0.4, 0.5) is 4.39 Å². The average Bonchev–Trinajstić information content (AvgIpc) is 2.67. The standard InChI is InChI=1S/C21H24FOP/c1-24(19-8-4-2-5-9-19,20-10-6-3-7-11-20)21-14-12-18(13-15-21)23-17-16-22/h2,4-6,8-15,24H,3,7,16-17H2,1H3. The average molecular weight is 342 g/mol. The van der Waals surface area contributed by atoms with Crippen molar-refractivity contribution >= 4 is 17.9 Å². The van der Waals surface area contributed by atoms with Gasteiger partial charge in [0.2, 0.25) is 0 Å². The second-order valence-corrected chi connectivity index (χ2v) is 10.2. The molecule has 2 aromatic carbocycles. The fourth-order valence-corrected chi connectivity index (χ4v) is 6.99. The van der Waals surface area contributed by atoms with Crippen molar-refractivity contribution in [1.82, 2.24) is 0 Å². The number of halogens is 1. The molecule has 0 N–H and O–H groups in total. The molecule has 0 amide bonds. The van der Waals surface area contributed by atoms with Crippen LogP contribution >= 0.6 is 7.26 Å². The molecule has 0 saturated carbocycles. The number of alkyl halides is 1. The fraction of sp³-hybridized carbons (Fsp3) is 0.238. The van der Waals surface area contributed by atoms with Crippen molar-refractivity contribution in [2.75, 3.05) is 19.9 Å². The van der Waals surface area contributed by atoms with E-state index in [0.29, 0.717) is 0 Å². The van der Waals surface area contributed by atoms with Crippen LogP contribution in [0.15, 0.2) is 78.1 Å². The molecular weight excluding hydrogens is 318 g/mol. The molecule has 24 heavy (non-hydrogen) atoms. The molecule has 3 heteroatoms. The van der Waals surface area contributed by atoms with Crippen molar-refractivity contribution in [2.24, 2.45) is 0 Å². The molecule has 0 saturated heterocycles. The molecule has 0 unspecified atom stereocenters. The van der Waals surface area contributed by atoms with E-state index < -0.39 is 13.9 Å². The van der Waals surface area contributed by atoms with Crippen LogP contribution in [0.25, 0.3) is 0 Å². The Hall–Kier alpha value is -1.92. The molecule has 0 bridgehead atoms. The van der Waals surface area contributed by atoms with E-state index in [0.717, 1.165) is 18.6 Å². The number of ether oxygens (including phenoxy) is 1. The van der Waals surface area contributed by atoms with Crippen LogP contribution < -0.4 is 15.3 Å². The van der Waals surface area contributed by atoms with Gasteiger partial charge in [0.15, 0.2) is 0 Å². The number of hydrogen-bond donors (Lipinski definition) is 0. The summed E-state index contributed by atoms with van der Waals surface area (Å²) in [6, 6.07) is 19.0. The maximum absolute atomic E-state index is 12.3. The molecule has 0 radical (unpaired) electrons. The minimum absolute atomic E-state index is 0.112. The zero-order chi connectivity index (χ0) is 16.8. The summed E-state index contributed by atoms with van der Waals surface area (Å²) in [5, 5.41) is 4.21. The first-order valence-corrected chi connectivity index (χ1v) is 11.0. The molecule has 1 nitrogen and oxygen atoms in total. The van der Waals surface area contributed by atoms with Gasteiger partial charge in [-0.2, -0.15) is 0 Å². The van der Waals surface area contributed by atoms with Gasteiger partial charge < -0.3 is 0 Å². The Bertz CT molecular complexity index is 721. The van der Waals surface area contributed by atoms with Crippen LogP contribution in [0, 0.1) is 0 Å². The van der Waals surface area contributed by atoms with E-state index in [4.69, 9.17) is 4.74 Å². The molecule has 0 spiro atoms. The Balaban J connectivity index is 2.02. The molecular formula is C21H24FOP.